The Morgan fingerprint density at radius 3 is 2.45 bits per heavy atom. The van der Waals surface area contributed by atoms with E-state index in [0.717, 1.165) is 39.2 Å². The second-order valence-corrected chi connectivity index (χ2v) is 11.2. The predicted octanol–water partition coefficient (Wildman–Crippen LogP) is 4.83. The molecular formula is C31H36N6O3. The smallest absolute Gasteiger partial charge is 0.410 e. The predicted molar refractivity (Wildman–Crippen MR) is 155 cm³/mol. The molecule has 3 heterocycles. The maximum atomic E-state index is 12.6. The zero-order valence-corrected chi connectivity index (χ0v) is 23.6. The number of fused-ring (bicyclic) bond motifs is 1. The van der Waals surface area contributed by atoms with Gasteiger partial charge in [0.05, 0.1) is 23.1 Å². The Kier molecular flexibility index (Phi) is 7.73. The van der Waals surface area contributed by atoms with Crippen LogP contribution in [-0.4, -0.2) is 57.7 Å². The highest BCUT2D eigenvalue weighted by Gasteiger charge is 2.24. The van der Waals surface area contributed by atoms with Gasteiger partial charge in [0.1, 0.15) is 12.9 Å². The molecule has 1 N–H and O–H groups in total. The molecule has 1 fully saturated rings. The molecule has 1 saturated heterocycles. The van der Waals surface area contributed by atoms with E-state index in [-0.39, 0.29) is 18.6 Å². The molecule has 2 aromatic heterocycles. The van der Waals surface area contributed by atoms with Gasteiger partial charge in [0.15, 0.2) is 0 Å². The lowest BCUT2D eigenvalue weighted by Gasteiger charge is -2.34. The van der Waals surface area contributed by atoms with E-state index >= 15 is 0 Å². The van der Waals surface area contributed by atoms with Crippen molar-refractivity contribution in [3.63, 3.8) is 0 Å². The third-order valence-corrected chi connectivity index (χ3v) is 7.24. The molecule has 9 heteroatoms. The Balaban J connectivity index is 1.24. The van der Waals surface area contributed by atoms with E-state index in [1.807, 2.05) is 80.9 Å². The maximum absolute atomic E-state index is 12.6. The number of nitrogens with zero attached hydrogens (tertiary/aromatic N) is 5. The molecule has 9 nitrogen and oxygen atoms in total. The fraction of sp³-hybridized carbons (Fsp3) is 0.355. The Hall–Kier alpha value is -4.40. The largest absolute Gasteiger partial charge is 0.445 e. The first-order valence-electron chi connectivity index (χ1n) is 13.6. The summed E-state index contributed by atoms with van der Waals surface area (Å²) in [5, 5.41) is 7.46. The highest BCUT2D eigenvalue weighted by atomic mass is 16.6. The van der Waals surface area contributed by atoms with Crippen molar-refractivity contribution in [1.82, 2.24) is 24.8 Å². The lowest BCUT2D eigenvalue weighted by Crippen LogP contribution is -2.48. The highest BCUT2D eigenvalue weighted by Crippen LogP contribution is 2.29. The van der Waals surface area contributed by atoms with Gasteiger partial charge in [0.2, 0.25) is 5.91 Å². The summed E-state index contributed by atoms with van der Waals surface area (Å²) in [4.78, 5) is 33.5. The molecule has 0 radical (unpaired) electrons. The number of aryl methyl sites for hydroxylation is 1. The molecule has 0 unspecified atom stereocenters. The van der Waals surface area contributed by atoms with Crippen molar-refractivity contribution in [2.24, 2.45) is 5.41 Å². The first-order chi connectivity index (χ1) is 19.2. The van der Waals surface area contributed by atoms with Crippen LogP contribution in [-0.2, 0) is 22.7 Å². The van der Waals surface area contributed by atoms with Crippen LogP contribution in [0.2, 0.25) is 0 Å². The number of nitrogens with one attached hydrogen (secondary N) is 1. The van der Waals surface area contributed by atoms with Crippen molar-refractivity contribution in [3.05, 3.63) is 83.8 Å². The first kappa shape index (κ1) is 27.2. The van der Waals surface area contributed by atoms with Crippen molar-refractivity contribution in [2.45, 2.75) is 40.8 Å². The van der Waals surface area contributed by atoms with Crippen molar-refractivity contribution in [2.75, 3.05) is 31.1 Å². The number of anilines is 1. The number of carbonyl (C=O) groups excluding carboxylic acids is 2. The summed E-state index contributed by atoms with van der Waals surface area (Å²) in [7, 11) is 0. The SMILES string of the molecule is Cc1cc(-c2ncnn3cc(N4CCN(C(=O)OCc5ccccc5)CC4)cc23)ccc1CNC(=O)C(C)(C)C. The lowest BCUT2D eigenvalue weighted by molar-refractivity contribution is -0.128. The van der Waals surface area contributed by atoms with Gasteiger partial charge in [-0.25, -0.2) is 14.3 Å². The zero-order chi connectivity index (χ0) is 28.3. The summed E-state index contributed by atoms with van der Waals surface area (Å²) in [6, 6.07) is 18.0. The van der Waals surface area contributed by atoms with Gasteiger partial charge in [-0.3, -0.25) is 4.79 Å². The van der Waals surface area contributed by atoms with E-state index in [1.165, 1.54) is 0 Å². The van der Waals surface area contributed by atoms with E-state index in [4.69, 9.17) is 4.74 Å². The van der Waals surface area contributed by atoms with Crippen LogP contribution >= 0.6 is 0 Å². The maximum Gasteiger partial charge on any atom is 0.410 e. The molecule has 0 spiro atoms. The second kappa shape index (κ2) is 11.4. The highest BCUT2D eigenvalue weighted by molar-refractivity contribution is 5.82. The van der Waals surface area contributed by atoms with Crippen LogP contribution < -0.4 is 10.2 Å². The molecule has 1 aliphatic rings. The molecule has 0 bridgehead atoms. The van der Waals surface area contributed by atoms with Crippen molar-refractivity contribution in [1.29, 1.82) is 0 Å². The lowest BCUT2D eigenvalue weighted by atomic mass is 9.95. The van der Waals surface area contributed by atoms with Gasteiger partial charge in [0.25, 0.3) is 0 Å². The van der Waals surface area contributed by atoms with Gasteiger partial charge in [-0.2, -0.15) is 5.10 Å². The molecule has 1 aliphatic heterocycles. The Morgan fingerprint density at radius 1 is 1.00 bits per heavy atom. The van der Waals surface area contributed by atoms with Crippen molar-refractivity contribution in [3.8, 4) is 11.3 Å². The van der Waals surface area contributed by atoms with Crippen LogP contribution in [0.15, 0.2) is 67.1 Å². The number of rotatable bonds is 6. The van der Waals surface area contributed by atoms with Crippen LogP contribution in [0.3, 0.4) is 0 Å². The van der Waals surface area contributed by atoms with Gasteiger partial charge in [0, 0.05) is 43.7 Å². The molecular weight excluding hydrogens is 504 g/mol. The number of piperazine rings is 1. The van der Waals surface area contributed by atoms with E-state index in [1.54, 1.807) is 11.2 Å². The summed E-state index contributed by atoms with van der Waals surface area (Å²) in [6.45, 7) is 11.1. The van der Waals surface area contributed by atoms with Crippen LogP contribution in [0.1, 0.15) is 37.5 Å². The van der Waals surface area contributed by atoms with Gasteiger partial charge < -0.3 is 19.9 Å². The van der Waals surface area contributed by atoms with Gasteiger partial charge in [-0.1, -0.05) is 63.2 Å². The summed E-state index contributed by atoms with van der Waals surface area (Å²) in [5.41, 5.74) is 6.50. The molecule has 0 saturated carbocycles. The minimum absolute atomic E-state index is 0.0270. The first-order valence-corrected chi connectivity index (χ1v) is 13.6. The zero-order valence-electron chi connectivity index (χ0n) is 23.6. The number of hydrogen-bond acceptors (Lipinski definition) is 6. The second-order valence-electron chi connectivity index (χ2n) is 11.2. The quantitative estimate of drug-likeness (QED) is 0.377. The standard InChI is InChI=1S/C31H36N6O3/c1-22-16-24(10-11-25(22)18-32-29(38)31(2,3)4)28-27-17-26(19-37(27)34-21-33-28)35-12-14-36(15-13-35)30(39)40-20-23-8-6-5-7-9-23/h5-11,16-17,19,21H,12-15,18,20H2,1-4H3,(H,32,38). The van der Waals surface area contributed by atoms with Crippen molar-refractivity contribution >= 4 is 23.2 Å². The van der Waals surface area contributed by atoms with Gasteiger partial charge in [-0.05, 0) is 35.7 Å². The van der Waals surface area contributed by atoms with Crippen molar-refractivity contribution < 1.29 is 14.3 Å². The van der Waals surface area contributed by atoms with Crippen LogP contribution in [0, 0.1) is 12.3 Å². The number of ether oxygens (including phenoxy) is 1. The molecule has 0 aliphatic carbocycles. The van der Waals surface area contributed by atoms with Gasteiger partial charge >= 0.3 is 6.09 Å². The summed E-state index contributed by atoms with van der Waals surface area (Å²) >= 11 is 0. The Bertz CT molecular complexity index is 1500. The summed E-state index contributed by atoms with van der Waals surface area (Å²) in [5.74, 6) is 0.0270. The van der Waals surface area contributed by atoms with Crippen LogP contribution in [0.25, 0.3) is 16.8 Å². The summed E-state index contributed by atoms with van der Waals surface area (Å²) < 4.78 is 7.36. The molecule has 2 amide bonds. The number of hydrogen-bond donors (Lipinski definition) is 1. The monoisotopic (exact) mass is 540 g/mol. The number of amides is 2. The fourth-order valence-corrected chi connectivity index (χ4v) is 4.75. The average Bonchev–Trinajstić information content (AvgIpc) is 3.40. The molecule has 208 valence electrons. The van der Waals surface area contributed by atoms with E-state index in [2.05, 4.69) is 32.4 Å². The molecule has 4 aromatic rings. The van der Waals surface area contributed by atoms with Crippen LogP contribution in [0.5, 0.6) is 0 Å². The molecule has 2 aromatic carbocycles. The number of benzene rings is 2. The molecule has 5 rings (SSSR count). The van der Waals surface area contributed by atoms with Crippen LogP contribution in [0.4, 0.5) is 10.5 Å². The van der Waals surface area contributed by atoms with E-state index in [9.17, 15) is 9.59 Å². The normalized spacial score (nSPS) is 13.9. The number of aromatic nitrogens is 3. The van der Waals surface area contributed by atoms with Gasteiger partial charge in [-0.15, -0.1) is 0 Å². The minimum Gasteiger partial charge on any atom is -0.445 e. The third kappa shape index (κ3) is 6.09. The summed E-state index contributed by atoms with van der Waals surface area (Å²) in [6.07, 6.45) is 3.29. The third-order valence-electron chi connectivity index (χ3n) is 7.24. The Labute approximate surface area is 234 Å². The number of carbonyl (C=O) groups is 2. The topological polar surface area (TPSA) is 92.1 Å². The average molecular weight is 541 g/mol. The molecule has 40 heavy (non-hydrogen) atoms. The minimum atomic E-state index is -0.425. The Morgan fingerprint density at radius 2 is 1.75 bits per heavy atom. The van der Waals surface area contributed by atoms with E-state index < -0.39 is 5.41 Å². The van der Waals surface area contributed by atoms with E-state index in [0.29, 0.717) is 32.7 Å². The molecule has 0 atom stereocenters. The fourth-order valence-electron chi connectivity index (χ4n) is 4.75.